The molecule has 0 amide bonds. The summed E-state index contributed by atoms with van der Waals surface area (Å²) in [6.07, 6.45) is 9.03. The Morgan fingerprint density at radius 2 is 1.97 bits per heavy atom. The molecule has 9 heteroatoms. The molecule has 1 unspecified atom stereocenters. The molecule has 1 atom stereocenters. The zero-order valence-corrected chi connectivity index (χ0v) is 22.6. The number of hydrogen-bond acceptors (Lipinski definition) is 6. The van der Waals surface area contributed by atoms with Gasteiger partial charge in [0.15, 0.2) is 5.65 Å². The fourth-order valence-corrected chi connectivity index (χ4v) is 7.10. The van der Waals surface area contributed by atoms with Gasteiger partial charge in [0.1, 0.15) is 15.8 Å². The minimum absolute atomic E-state index is 0.0216. The van der Waals surface area contributed by atoms with Gasteiger partial charge in [0.2, 0.25) is 0 Å². The number of fused-ring (bicyclic) bond motifs is 2. The number of aromatic nitrogens is 5. The van der Waals surface area contributed by atoms with Crippen molar-refractivity contribution in [2.45, 2.75) is 45.2 Å². The molecule has 2 saturated heterocycles. The summed E-state index contributed by atoms with van der Waals surface area (Å²) in [5, 5.41) is 5.68. The van der Waals surface area contributed by atoms with Crippen LogP contribution in [0.15, 0.2) is 36.8 Å². The van der Waals surface area contributed by atoms with Crippen molar-refractivity contribution >= 4 is 45.0 Å². The van der Waals surface area contributed by atoms with Crippen LogP contribution in [0.25, 0.3) is 16.6 Å². The first-order valence-electron chi connectivity index (χ1n) is 12.6. The zero-order chi connectivity index (χ0) is 24.2. The largest absolute Gasteiger partial charge is 0.383 e. The van der Waals surface area contributed by atoms with Crippen LogP contribution >= 0.6 is 22.6 Å². The van der Waals surface area contributed by atoms with Crippen LogP contribution in [0.5, 0.6) is 0 Å². The van der Waals surface area contributed by atoms with Crippen molar-refractivity contribution < 1.29 is 0 Å². The van der Waals surface area contributed by atoms with Gasteiger partial charge < -0.3 is 15.0 Å². The number of nitrogen functional groups attached to an aromatic ring is 1. The second-order valence-electron chi connectivity index (χ2n) is 10.5. The molecule has 0 saturated carbocycles. The monoisotopic (exact) mass is 584 g/mol. The van der Waals surface area contributed by atoms with Gasteiger partial charge in [0, 0.05) is 30.5 Å². The Morgan fingerprint density at radius 1 is 1.14 bits per heavy atom. The predicted octanol–water partition coefficient (Wildman–Crippen LogP) is 4.18. The fourth-order valence-electron chi connectivity index (χ4n) is 6.35. The first-order chi connectivity index (χ1) is 16.9. The maximum atomic E-state index is 6.17. The van der Waals surface area contributed by atoms with Crippen molar-refractivity contribution in [2.24, 2.45) is 5.41 Å². The third-order valence-corrected chi connectivity index (χ3v) is 9.01. The Hall–Kier alpha value is -2.24. The van der Waals surface area contributed by atoms with E-state index in [4.69, 9.17) is 10.8 Å². The quantitative estimate of drug-likeness (QED) is 0.363. The molecule has 2 fully saturated rings. The van der Waals surface area contributed by atoms with E-state index >= 15 is 0 Å². The maximum absolute atomic E-state index is 6.17. The number of rotatable bonds is 4. The number of piperidine rings is 2. The van der Waals surface area contributed by atoms with Crippen molar-refractivity contribution in [1.82, 2.24) is 33.9 Å². The molecule has 184 valence electrons. The van der Waals surface area contributed by atoms with Gasteiger partial charge in [-0.1, -0.05) is 6.07 Å². The van der Waals surface area contributed by atoms with E-state index in [-0.39, 0.29) is 6.04 Å². The average Bonchev–Trinajstić information content (AvgIpc) is 3.39. The molecule has 6 heterocycles. The molecule has 35 heavy (non-hydrogen) atoms. The van der Waals surface area contributed by atoms with E-state index < -0.39 is 0 Å². The van der Waals surface area contributed by atoms with Crippen LogP contribution in [0.3, 0.4) is 0 Å². The third kappa shape index (κ3) is 4.11. The SMILES string of the molecule is CC(c1cc2ccccn2c1CN1CCC2(CCCN(C)C2)CC1)n1nc(I)c2c(N)ncnc21. The Balaban J connectivity index is 1.32. The van der Waals surface area contributed by atoms with E-state index in [0.29, 0.717) is 11.2 Å². The number of pyridine rings is 1. The minimum Gasteiger partial charge on any atom is -0.383 e. The van der Waals surface area contributed by atoms with Crippen LogP contribution in [0.2, 0.25) is 0 Å². The van der Waals surface area contributed by atoms with Crippen LogP contribution in [0.1, 0.15) is 49.9 Å². The summed E-state index contributed by atoms with van der Waals surface area (Å²) >= 11 is 2.24. The molecule has 0 bridgehead atoms. The maximum Gasteiger partial charge on any atom is 0.165 e. The van der Waals surface area contributed by atoms with Crippen molar-refractivity contribution in [1.29, 1.82) is 0 Å². The van der Waals surface area contributed by atoms with Gasteiger partial charge in [-0.05, 0) is 111 Å². The molecule has 1 spiro atoms. The topological polar surface area (TPSA) is 80.5 Å². The Labute approximate surface area is 219 Å². The normalized spacial score (nSPS) is 20.2. The lowest BCUT2D eigenvalue weighted by atomic mass is 9.72. The highest BCUT2D eigenvalue weighted by Crippen LogP contribution is 2.40. The molecule has 4 aromatic rings. The lowest BCUT2D eigenvalue weighted by molar-refractivity contribution is 0.0312. The third-order valence-electron chi connectivity index (χ3n) is 8.25. The lowest BCUT2D eigenvalue weighted by Crippen LogP contribution is -2.48. The number of hydrogen-bond donors (Lipinski definition) is 1. The van der Waals surface area contributed by atoms with Crippen molar-refractivity contribution in [3.63, 3.8) is 0 Å². The summed E-state index contributed by atoms with van der Waals surface area (Å²) in [4.78, 5) is 13.9. The van der Waals surface area contributed by atoms with Crippen LogP contribution in [-0.4, -0.2) is 67.2 Å². The van der Waals surface area contributed by atoms with E-state index in [1.54, 1.807) is 0 Å². The van der Waals surface area contributed by atoms with Gasteiger partial charge in [0.25, 0.3) is 0 Å². The van der Waals surface area contributed by atoms with Crippen molar-refractivity contribution in [2.75, 3.05) is 39.0 Å². The number of nitrogens with zero attached hydrogens (tertiary/aromatic N) is 7. The van der Waals surface area contributed by atoms with Gasteiger partial charge in [-0.2, -0.15) is 5.10 Å². The number of anilines is 1. The Bertz CT molecular complexity index is 1370. The van der Waals surface area contributed by atoms with E-state index in [2.05, 4.69) is 91.2 Å². The summed E-state index contributed by atoms with van der Waals surface area (Å²) in [5.74, 6) is 0.482. The highest BCUT2D eigenvalue weighted by atomic mass is 127. The van der Waals surface area contributed by atoms with Gasteiger partial charge >= 0.3 is 0 Å². The van der Waals surface area contributed by atoms with E-state index in [0.717, 1.165) is 34.4 Å². The van der Waals surface area contributed by atoms with Crippen molar-refractivity contribution in [3.05, 3.63) is 51.7 Å². The van der Waals surface area contributed by atoms with E-state index in [1.165, 1.54) is 61.9 Å². The van der Waals surface area contributed by atoms with Crippen LogP contribution in [0.4, 0.5) is 5.82 Å². The predicted molar refractivity (Wildman–Crippen MR) is 147 cm³/mol. The zero-order valence-electron chi connectivity index (χ0n) is 20.5. The van der Waals surface area contributed by atoms with Gasteiger partial charge in [-0.3, -0.25) is 4.90 Å². The molecule has 2 aliphatic rings. The van der Waals surface area contributed by atoms with Crippen LogP contribution < -0.4 is 5.73 Å². The highest BCUT2D eigenvalue weighted by Gasteiger charge is 2.37. The summed E-state index contributed by atoms with van der Waals surface area (Å²) in [7, 11) is 2.28. The number of halogens is 1. The molecule has 2 aliphatic heterocycles. The number of likely N-dealkylation sites (tertiary alicyclic amines) is 2. The summed E-state index contributed by atoms with van der Waals surface area (Å²) < 4.78 is 5.20. The van der Waals surface area contributed by atoms with Crippen LogP contribution in [-0.2, 0) is 6.54 Å². The van der Waals surface area contributed by atoms with Gasteiger partial charge in [-0.25, -0.2) is 14.6 Å². The smallest absolute Gasteiger partial charge is 0.165 e. The lowest BCUT2D eigenvalue weighted by Gasteiger charge is -2.47. The summed E-state index contributed by atoms with van der Waals surface area (Å²) in [5.41, 5.74) is 11.3. The molecular weight excluding hydrogens is 551 g/mol. The molecular formula is C26H33IN8. The second kappa shape index (κ2) is 9.01. The molecule has 0 aromatic carbocycles. The Morgan fingerprint density at radius 3 is 2.77 bits per heavy atom. The number of nitrogens with two attached hydrogens (primary N) is 1. The fraction of sp³-hybridized carbons (Fsp3) is 0.500. The summed E-state index contributed by atoms with van der Waals surface area (Å²) in [6.45, 7) is 7.98. The highest BCUT2D eigenvalue weighted by molar-refractivity contribution is 14.1. The average molecular weight is 585 g/mol. The second-order valence-corrected chi connectivity index (χ2v) is 11.6. The molecule has 6 rings (SSSR count). The molecule has 2 N–H and O–H groups in total. The molecule has 0 aliphatic carbocycles. The Kier molecular flexibility index (Phi) is 5.96. The molecule has 8 nitrogen and oxygen atoms in total. The van der Waals surface area contributed by atoms with Gasteiger partial charge in [-0.15, -0.1) is 0 Å². The van der Waals surface area contributed by atoms with E-state index in [9.17, 15) is 0 Å². The minimum atomic E-state index is 0.0216. The molecule has 0 radical (unpaired) electrons. The van der Waals surface area contributed by atoms with Crippen molar-refractivity contribution in [3.8, 4) is 0 Å². The standard InChI is InChI=1S/C26H33IN8/c1-18(35-25-22(23(27)31-35)24(28)29-17-30-25)20-14-19-6-3-4-11-34(19)21(20)15-33-12-8-26(9-13-33)7-5-10-32(2)16-26/h3-4,6,11,14,17-18H,5,7-10,12-13,15-16H2,1-2H3,(H2,28,29,30). The first kappa shape index (κ1) is 23.2. The summed E-state index contributed by atoms with van der Waals surface area (Å²) in [6, 6.07) is 8.75. The van der Waals surface area contributed by atoms with E-state index in [1.807, 2.05) is 4.68 Å². The molecule has 4 aromatic heterocycles. The first-order valence-corrected chi connectivity index (χ1v) is 13.7. The van der Waals surface area contributed by atoms with Crippen LogP contribution in [0, 0.1) is 9.12 Å². The van der Waals surface area contributed by atoms with Gasteiger partial charge in [0.05, 0.1) is 11.4 Å².